The molecule has 7 heteroatoms. The first kappa shape index (κ1) is 17.9. The number of benzene rings is 1. The Hall–Kier alpha value is -0.110. The first-order valence-corrected chi connectivity index (χ1v) is 7.62. The lowest BCUT2D eigenvalue weighted by molar-refractivity contribution is 0.0693. The van der Waals surface area contributed by atoms with Crippen molar-refractivity contribution >= 4 is 52.5 Å². The molecule has 1 aliphatic heterocycles. The summed E-state index contributed by atoms with van der Waals surface area (Å²) in [4.78, 5) is 14.1. The van der Waals surface area contributed by atoms with Crippen LogP contribution in [-0.2, 0) is 0 Å². The van der Waals surface area contributed by atoms with Gasteiger partial charge < -0.3 is 10.6 Å². The molecule has 1 heterocycles. The van der Waals surface area contributed by atoms with Gasteiger partial charge in [-0.25, -0.2) is 4.39 Å². The van der Waals surface area contributed by atoms with Crippen molar-refractivity contribution in [3.63, 3.8) is 0 Å². The third-order valence-electron chi connectivity index (χ3n) is 3.48. The molecule has 2 N–H and O–H groups in total. The lowest BCUT2D eigenvalue weighted by Crippen LogP contribution is -2.40. The second-order valence-corrected chi connectivity index (χ2v) is 6.29. The van der Waals surface area contributed by atoms with Gasteiger partial charge >= 0.3 is 0 Å². The maximum Gasteiger partial charge on any atom is 0.255 e. The normalized spacial score (nSPS) is 15.9. The van der Waals surface area contributed by atoms with Crippen LogP contribution in [0.5, 0.6) is 0 Å². The molecule has 1 aliphatic rings. The van der Waals surface area contributed by atoms with Crippen LogP contribution < -0.4 is 5.73 Å². The number of nitrogens with zero attached hydrogens (tertiary/aromatic N) is 1. The van der Waals surface area contributed by atoms with E-state index in [4.69, 9.17) is 17.3 Å². The predicted molar refractivity (Wildman–Crippen MR) is 89.1 cm³/mol. The number of piperidine rings is 1. The molecule has 0 bridgehead atoms. The van der Waals surface area contributed by atoms with Gasteiger partial charge in [-0.15, -0.1) is 12.4 Å². The first-order valence-electron chi connectivity index (χ1n) is 6.16. The van der Waals surface area contributed by atoms with Crippen LogP contribution in [0.1, 0.15) is 23.2 Å². The molecule has 1 amide bonds. The summed E-state index contributed by atoms with van der Waals surface area (Å²) in [5, 5.41) is 0.170. The minimum atomic E-state index is -0.399. The summed E-state index contributed by atoms with van der Waals surface area (Å²) in [6.45, 7) is 2.03. The number of nitrogens with two attached hydrogens (primary N) is 1. The Morgan fingerprint density at radius 2 is 2.05 bits per heavy atom. The smallest absolute Gasteiger partial charge is 0.255 e. The Morgan fingerprint density at radius 1 is 1.45 bits per heavy atom. The topological polar surface area (TPSA) is 46.3 Å². The van der Waals surface area contributed by atoms with Crippen LogP contribution >= 0.6 is 46.6 Å². The van der Waals surface area contributed by atoms with Crippen LogP contribution in [0.4, 0.5) is 4.39 Å². The Balaban J connectivity index is 0.00000200. The van der Waals surface area contributed by atoms with E-state index in [2.05, 4.69) is 0 Å². The third kappa shape index (κ3) is 3.96. The van der Waals surface area contributed by atoms with Gasteiger partial charge in [0.15, 0.2) is 0 Å². The summed E-state index contributed by atoms with van der Waals surface area (Å²) in [6, 6.07) is 2.71. The molecule has 1 saturated heterocycles. The highest BCUT2D eigenvalue weighted by Crippen LogP contribution is 2.25. The summed E-state index contributed by atoms with van der Waals surface area (Å²) in [7, 11) is 0. The van der Waals surface area contributed by atoms with Gasteiger partial charge in [-0.05, 0) is 60.0 Å². The second-order valence-electron chi connectivity index (χ2n) is 4.72. The molecule has 112 valence electrons. The quantitative estimate of drug-likeness (QED) is 0.575. The number of hydrogen-bond acceptors (Lipinski definition) is 2. The van der Waals surface area contributed by atoms with Crippen LogP contribution in [0.15, 0.2) is 12.1 Å². The van der Waals surface area contributed by atoms with Crippen LogP contribution in [0.25, 0.3) is 0 Å². The van der Waals surface area contributed by atoms with Gasteiger partial charge in [-0.2, -0.15) is 0 Å². The van der Waals surface area contributed by atoms with E-state index in [1.807, 2.05) is 22.6 Å². The summed E-state index contributed by atoms with van der Waals surface area (Å²) in [6.07, 6.45) is 1.83. The minimum Gasteiger partial charge on any atom is -0.339 e. The molecule has 3 nitrogen and oxygen atoms in total. The van der Waals surface area contributed by atoms with Crippen molar-refractivity contribution in [1.82, 2.24) is 4.90 Å². The number of hydrogen-bond donors (Lipinski definition) is 1. The third-order valence-corrected chi connectivity index (χ3v) is 4.61. The zero-order chi connectivity index (χ0) is 14.0. The van der Waals surface area contributed by atoms with Gasteiger partial charge in [0.2, 0.25) is 0 Å². The first-order chi connectivity index (χ1) is 9.02. The number of rotatable bonds is 2. The molecule has 0 aromatic heterocycles. The monoisotopic (exact) mass is 432 g/mol. The van der Waals surface area contributed by atoms with Gasteiger partial charge in [0.05, 0.1) is 10.6 Å². The lowest BCUT2D eigenvalue weighted by atomic mass is 9.96. The van der Waals surface area contributed by atoms with E-state index in [1.165, 1.54) is 12.1 Å². The van der Waals surface area contributed by atoms with E-state index in [0.29, 0.717) is 34.7 Å². The number of amides is 1. The fraction of sp³-hybridized carbons (Fsp3) is 0.462. The fourth-order valence-electron chi connectivity index (χ4n) is 2.23. The van der Waals surface area contributed by atoms with Crippen molar-refractivity contribution in [3.05, 3.63) is 32.1 Å². The molecule has 0 unspecified atom stereocenters. The highest BCUT2D eigenvalue weighted by Gasteiger charge is 2.24. The van der Waals surface area contributed by atoms with Gasteiger partial charge in [0.25, 0.3) is 5.91 Å². The van der Waals surface area contributed by atoms with Gasteiger partial charge in [-0.3, -0.25) is 4.79 Å². The zero-order valence-electron chi connectivity index (χ0n) is 10.7. The van der Waals surface area contributed by atoms with E-state index >= 15 is 0 Å². The number of likely N-dealkylation sites (tertiary alicyclic amines) is 1. The molecule has 1 aromatic carbocycles. The highest BCUT2D eigenvalue weighted by molar-refractivity contribution is 14.1. The van der Waals surface area contributed by atoms with Crippen molar-refractivity contribution in [2.75, 3.05) is 19.6 Å². The van der Waals surface area contributed by atoms with E-state index in [9.17, 15) is 9.18 Å². The molecule has 1 fully saturated rings. The summed E-state index contributed by atoms with van der Waals surface area (Å²) in [5.74, 6) is -0.0322. The number of carbonyl (C=O) groups excluding carboxylic acids is 1. The molecule has 0 atom stereocenters. The average molecular weight is 433 g/mol. The van der Waals surface area contributed by atoms with Gasteiger partial charge in [-0.1, -0.05) is 11.6 Å². The summed E-state index contributed by atoms with van der Waals surface area (Å²) < 4.78 is 13.7. The van der Waals surface area contributed by atoms with Gasteiger partial charge in [0.1, 0.15) is 5.82 Å². The summed E-state index contributed by atoms with van der Waals surface area (Å²) >= 11 is 7.82. The summed E-state index contributed by atoms with van der Waals surface area (Å²) in [5.41, 5.74) is 6.00. The molecule has 0 spiro atoms. The van der Waals surface area contributed by atoms with Crippen LogP contribution in [0, 0.1) is 15.3 Å². The standard InChI is InChI=1S/C13H15ClFIN2O.ClH/c14-10-6-11(15)12(16)5-9(10)13(19)18-3-1-8(7-17)2-4-18;/h5-6,8H,1-4,7,17H2;1H. The molecular formula is C13H16Cl2FIN2O. The molecule has 0 saturated carbocycles. The fourth-order valence-corrected chi connectivity index (χ4v) is 2.93. The Kier molecular flexibility index (Phi) is 6.97. The molecule has 2 rings (SSSR count). The Morgan fingerprint density at radius 3 is 2.60 bits per heavy atom. The molecule has 0 aliphatic carbocycles. The largest absolute Gasteiger partial charge is 0.339 e. The highest BCUT2D eigenvalue weighted by atomic mass is 127. The van der Waals surface area contributed by atoms with E-state index < -0.39 is 5.82 Å². The lowest BCUT2D eigenvalue weighted by Gasteiger charge is -2.31. The van der Waals surface area contributed by atoms with Gasteiger partial charge in [0, 0.05) is 16.7 Å². The predicted octanol–water partition coefficient (Wildman–Crippen LogP) is 3.32. The zero-order valence-corrected chi connectivity index (χ0v) is 14.5. The SMILES string of the molecule is Cl.NCC1CCN(C(=O)c2cc(I)c(F)cc2Cl)CC1. The van der Waals surface area contributed by atoms with Crippen molar-refractivity contribution < 1.29 is 9.18 Å². The van der Waals surface area contributed by atoms with Crippen molar-refractivity contribution in [1.29, 1.82) is 0 Å². The van der Waals surface area contributed by atoms with Crippen LogP contribution in [0.2, 0.25) is 5.02 Å². The second kappa shape index (κ2) is 7.77. The minimum absolute atomic E-state index is 0. The maximum atomic E-state index is 13.3. The maximum absolute atomic E-state index is 13.3. The number of carbonyl (C=O) groups is 1. The molecule has 20 heavy (non-hydrogen) atoms. The van der Waals surface area contributed by atoms with Crippen molar-refractivity contribution in [3.8, 4) is 0 Å². The molecular weight excluding hydrogens is 417 g/mol. The Labute approximate surface area is 142 Å². The van der Waals surface area contributed by atoms with Crippen LogP contribution in [0.3, 0.4) is 0 Å². The van der Waals surface area contributed by atoms with Crippen molar-refractivity contribution in [2.24, 2.45) is 11.7 Å². The Bertz CT molecular complexity index is 494. The number of halogens is 4. The van der Waals surface area contributed by atoms with E-state index in [-0.39, 0.29) is 23.3 Å². The average Bonchev–Trinajstić information content (AvgIpc) is 2.42. The van der Waals surface area contributed by atoms with Crippen molar-refractivity contribution in [2.45, 2.75) is 12.8 Å². The van der Waals surface area contributed by atoms with E-state index in [0.717, 1.165) is 12.8 Å². The van der Waals surface area contributed by atoms with E-state index in [1.54, 1.807) is 4.90 Å². The molecule has 1 aromatic rings. The van der Waals surface area contributed by atoms with Crippen LogP contribution in [-0.4, -0.2) is 30.4 Å². The molecule has 0 radical (unpaired) electrons.